The van der Waals surface area contributed by atoms with E-state index in [0.717, 1.165) is 51.5 Å². The number of amides is 1. The highest BCUT2D eigenvalue weighted by Crippen LogP contribution is 2.34. The van der Waals surface area contributed by atoms with E-state index in [-0.39, 0.29) is 24.0 Å². The van der Waals surface area contributed by atoms with Crippen molar-refractivity contribution in [2.45, 2.75) is 57.1 Å². The Bertz CT molecular complexity index is 480. The molecule has 1 amide bonds. The summed E-state index contributed by atoms with van der Waals surface area (Å²) in [5.41, 5.74) is 0.551. The van der Waals surface area contributed by atoms with Gasteiger partial charge in [0.2, 0.25) is 0 Å². The lowest BCUT2D eigenvalue weighted by molar-refractivity contribution is -0.00131. The van der Waals surface area contributed by atoms with Crippen molar-refractivity contribution in [1.82, 2.24) is 14.9 Å². The van der Waals surface area contributed by atoms with E-state index in [1.165, 1.54) is 6.33 Å². The maximum atomic E-state index is 12.7. The first-order valence-corrected chi connectivity index (χ1v) is 8.01. The molecule has 1 saturated heterocycles. The Morgan fingerprint density at radius 3 is 2.57 bits per heavy atom. The van der Waals surface area contributed by atoms with Crippen molar-refractivity contribution in [3.63, 3.8) is 0 Å². The van der Waals surface area contributed by atoms with E-state index >= 15 is 0 Å². The SMILES string of the molecule is O=C(c1cncnc1)N1CCCCC1C1CCCCC1O. The second kappa shape index (κ2) is 6.52. The summed E-state index contributed by atoms with van der Waals surface area (Å²) in [6, 6.07) is 0.168. The maximum absolute atomic E-state index is 12.7. The van der Waals surface area contributed by atoms with Crippen LogP contribution in [0.25, 0.3) is 0 Å². The van der Waals surface area contributed by atoms with Crippen LogP contribution in [-0.2, 0) is 0 Å². The van der Waals surface area contributed by atoms with E-state index in [0.29, 0.717) is 5.56 Å². The van der Waals surface area contributed by atoms with Gasteiger partial charge in [0.25, 0.3) is 5.91 Å². The van der Waals surface area contributed by atoms with E-state index in [1.54, 1.807) is 12.4 Å². The molecule has 3 unspecified atom stereocenters. The summed E-state index contributed by atoms with van der Waals surface area (Å²) in [5, 5.41) is 10.3. The van der Waals surface area contributed by atoms with Gasteiger partial charge in [-0.05, 0) is 32.1 Å². The van der Waals surface area contributed by atoms with Gasteiger partial charge in [-0.1, -0.05) is 12.8 Å². The number of hydrogen-bond acceptors (Lipinski definition) is 4. The minimum atomic E-state index is -0.260. The number of carbonyl (C=O) groups is 1. The van der Waals surface area contributed by atoms with Crippen molar-refractivity contribution in [3.05, 3.63) is 24.3 Å². The number of nitrogens with zero attached hydrogens (tertiary/aromatic N) is 3. The molecule has 5 heteroatoms. The fourth-order valence-electron chi connectivity index (χ4n) is 3.82. The van der Waals surface area contributed by atoms with Gasteiger partial charge >= 0.3 is 0 Å². The van der Waals surface area contributed by atoms with Crippen LogP contribution in [0.2, 0.25) is 0 Å². The average Bonchev–Trinajstić information content (AvgIpc) is 2.55. The van der Waals surface area contributed by atoms with Crippen molar-refractivity contribution in [3.8, 4) is 0 Å². The Labute approximate surface area is 125 Å². The van der Waals surface area contributed by atoms with Crippen LogP contribution >= 0.6 is 0 Å². The number of rotatable bonds is 2. The van der Waals surface area contributed by atoms with E-state index < -0.39 is 0 Å². The molecule has 0 spiro atoms. The molecule has 1 aromatic heterocycles. The number of aliphatic hydroxyl groups excluding tert-OH is 1. The van der Waals surface area contributed by atoms with Crippen LogP contribution in [0.5, 0.6) is 0 Å². The quantitative estimate of drug-likeness (QED) is 0.904. The molecule has 0 bridgehead atoms. The topological polar surface area (TPSA) is 66.3 Å². The number of carbonyl (C=O) groups excluding carboxylic acids is 1. The van der Waals surface area contributed by atoms with Gasteiger partial charge in [-0.25, -0.2) is 9.97 Å². The Hall–Kier alpha value is -1.49. The molecule has 0 radical (unpaired) electrons. The van der Waals surface area contributed by atoms with Gasteiger partial charge < -0.3 is 10.0 Å². The standard InChI is InChI=1S/C16H23N3O2/c20-15-7-2-1-5-13(15)14-6-3-4-8-19(14)16(21)12-9-17-11-18-10-12/h9-11,13-15,20H,1-8H2. The average molecular weight is 289 g/mol. The first-order valence-electron chi connectivity index (χ1n) is 8.01. The fraction of sp³-hybridized carbons (Fsp3) is 0.688. The molecule has 21 heavy (non-hydrogen) atoms. The molecule has 2 fully saturated rings. The lowest BCUT2D eigenvalue weighted by Gasteiger charge is -2.43. The van der Waals surface area contributed by atoms with E-state index in [4.69, 9.17) is 0 Å². The number of likely N-dealkylation sites (tertiary alicyclic amines) is 1. The molecule has 2 heterocycles. The molecule has 1 aliphatic carbocycles. The minimum absolute atomic E-state index is 0.0121. The molecule has 3 rings (SSSR count). The number of aliphatic hydroxyl groups is 1. The Kier molecular flexibility index (Phi) is 4.48. The molecule has 1 aliphatic heterocycles. The molecule has 5 nitrogen and oxygen atoms in total. The van der Waals surface area contributed by atoms with E-state index in [1.807, 2.05) is 4.90 Å². The summed E-state index contributed by atoms with van der Waals surface area (Å²) in [7, 11) is 0. The van der Waals surface area contributed by atoms with Crippen molar-refractivity contribution in [1.29, 1.82) is 0 Å². The van der Waals surface area contributed by atoms with Crippen molar-refractivity contribution in [2.75, 3.05) is 6.54 Å². The zero-order valence-electron chi connectivity index (χ0n) is 12.3. The highest BCUT2D eigenvalue weighted by molar-refractivity contribution is 5.93. The van der Waals surface area contributed by atoms with Crippen LogP contribution in [-0.4, -0.2) is 44.6 Å². The third-order valence-electron chi connectivity index (χ3n) is 4.89. The largest absolute Gasteiger partial charge is 0.393 e. The molecule has 2 aliphatic rings. The smallest absolute Gasteiger partial charge is 0.257 e. The minimum Gasteiger partial charge on any atom is -0.393 e. The highest BCUT2D eigenvalue weighted by Gasteiger charge is 2.37. The Morgan fingerprint density at radius 2 is 1.81 bits per heavy atom. The van der Waals surface area contributed by atoms with Gasteiger partial charge in [-0.2, -0.15) is 0 Å². The molecule has 1 saturated carbocycles. The number of piperidine rings is 1. The second-order valence-electron chi connectivity index (χ2n) is 6.20. The highest BCUT2D eigenvalue weighted by atomic mass is 16.3. The summed E-state index contributed by atoms with van der Waals surface area (Å²) >= 11 is 0. The van der Waals surface area contributed by atoms with Gasteiger partial charge in [0, 0.05) is 30.9 Å². The summed E-state index contributed by atoms with van der Waals surface area (Å²) in [4.78, 5) is 22.6. The lowest BCUT2D eigenvalue weighted by Crippen LogP contribution is -2.51. The molecule has 114 valence electrons. The molecular weight excluding hydrogens is 266 g/mol. The summed E-state index contributed by atoms with van der Waals surface area (Å²) in [5.74, 6) is 0.241. The van der Waals surface area contributed by atoms with Crippen molar-refractivity contribution >= 4 is 5.91 Å². The first-order chi connectivity index (χ1) is 10.3. The van der Waals surface area contributed by atoms with Gasteiger partial charge in [-0.15, -0.1) is 0 Å². The zero-order valence-corrected chi connectivity index (χ0v) is 12.3. The van der Waals surface area contributed by atoms with Crippen LogP contribution in [0.15, 0.2) is 18.7 Å². The predicted molar refractivity (Wildman–Crippen MR) is 78.7 cm³/mol. The third kappa shape index (κ3) is 3.07. The Balaban J connectivity index is 1.79. The van der Waals surface area contributed by atoms with Gasteiger partial charge in [0.1, 0.15) is 6.33 Å². The van der Waals surface area contributed by atoms with Crippen LogP contribution in [0, 0.1) is 5.92 Å². The maximum Gasteiger partial charge on any atom is 0.257 e. The van der Waals surface area contributed by atoms with Gasteiger partial charge in [-0.3, -0.25) is 4.79 Å². The molecule has 0 aromatic carbocycles. The molecule has 1 N–H and O–H groups in total. The fourth-order valence-corrected chi connectivity index (χ4v) is 3.82. The second-order valence-corrected chi connectivity index (χ2v) is 6.20. The van der Waals surface area contributed by atoms with Gasteiger partial charge in [0.05, 0.1) is 11.7 Å². The number of hydrogen-bond donors (Lipinski definition) is 1. The van der Waals surface area contributed by atoms with Crippen molar-refractivity contribution in [2.24, 2.45) is 5.92 Å². The zero-order chi connectivity index (χ0) is 14.7. The Morgan fingerprint density at radius 1 is 1.10 bits per heavy atom. The van der Waals surface area contributed by atoms with Crippen LogP contribution < -0.4 is 0 Å². The van der Waals surface area contributed by atoms with Crippen LogP contribution in [0.1, 0.15) is 55.3 Å². The monoisotopic (exact) mass is 289 g/mol. The normalized spacial score (nSPS) is 30.1. The van der Waals surface area contributed by atoms with E-state index in [2.05, 4.69) is 9.97 Å². The first kappa shape index (κ1) is 14.4. The third-order valence-corrected chi connectivity index (χ3v) is 4.89. The number of aromatic nitrogens is 2. The summed E-state index contributed by atoms with van der Waals surface area (Å²) in [6.45, 7) is 0.779. The van der Waals surface area contributed by atoms with Crippen LogP contribution in [0.4, 0.5) is 0 Å². The molecular formula is C16H23N3O2. The molecule has 1 aromatic rings. The molecule has 3 atom stereocenters. The van der Waals surface area contributed by atoms with Crippen molar-refractivity contribution < 1.29 is 9.90 Å². The lowest BCUT2D eigenvalue weighted by atomic mass is 9.78. The van der Waals surface area contributed by atoms with Gasteiger partial charge in [0.15, 0.2) is 0 Å². The summed E-state index contributed by atoms with van der Waals surface area (Å²) < 4.78 is 0. The predicted octanol–water partition coefficient (Wildman–Crippen LogP) is 2.02. The van der Waals surface area contributed by atoms with Crippen LogP contribution in [0.3, 0.4) is 0 Å². The van der Waals surface area contributed by atoms with E-state index in [9.17, 15) is 9.90 Å². The summed E-state index contributed by atoms with van der Waals surface area (Å²) in [6.07, 6.45) is 11.7.